The normalized spacial score (nSPS) is 28.0. The maximum atomic E-state index is 13.4. The third kappa shape index (κ3) is 3.48. The van der Waals surface area contributed by atoms with Gasteiger partial charge in [-0.1, -0.05) is 36.4 Å². The van der Waals surface area contributed by atoms with E-state index in [0.29, 0.717) is 5.92 Å². The smallest absolute Gasteiger partial charge is 0.318 e. The van der Waals surface area contributed by atoms with Gasteiger partial charge in [-0.2, -0.15) is 0 Å². The standard InChI is InChI=1S/C24H29N3O2/c1-29-20-8-6-19(7-9-20)23-21-5-3-2-4-17(21)12-15-27(23)24(28)25-22-16-26-13-10-18(22)11-14-26/h2-9,18,22-23H,10-16H2,1H3,(H,25,28)/t22-,23+/m1/s1. The minimum Gasteiger partial charge on any atom is -0.497 e. The molecule has 0 saturated carbocycles. The molecule has 2 atom stereocenters. The van der Waals surface area contributed by atoms with Crippen molar-refractivity contribution in [3.05, 3.63) is 65.2 Å². The maximum Gasteiger partial charge on any atom is 0.318 e. The van der Waals surface area contributed by atoms with Crippen molar-refractivity contribution in [3.63, 3.8) is 0 Å². The van der Waals surface area contributed by atoms with E-state index in [9.17, 15) is 4.79 Å². The van der Waals surface area contributed by atoms with Gasteiger partial charge in [-0.05, 0) is 67.1 Å². The van der Waals surface area contributed by atoms with Crippen LogP contribution in [0.5, 0.6) is 5.75 Å². The Bertz CT molecular complexity index is 874. The molecule has 5 nitrogen and oxygen atoms in total. The van der Waals surface area contributed by atoms with Crippen LogP contribution in [0, 0.1) is 5.92 Å². The first-order valence-corrected chi connectivity index (χ1v) is 10.7. The Morgan fingerprint density at radius 3 is 2.48 bits per heavy atom. The molecule has 0 aliphatic carbocycles. The zero-order chi connectivity index (χ0) is 19.8. The number of fused-ring (bicyclic) bond motifs is 4. The quantitative estimate of drug-likeness (QED) is 0.872. The number of carbonyl (C=O) groups excluding carboxylic acids is 1. The van der Waals surface area contributed by atoms with Gasteiger partial charge in [0.05, 0.1) is 13.2 Å². The summed E-state index contributed by atoms with van der Waals surface area (Å²) in [5.74, 6) is 1.46. The summed E-state index contributed by atoms with van der Waals surface area (Å²) in [6, 6.07) is 16.9. The fraction of sp³-hybridized carbons (Fsp3) is 0.458. The molecule has 2 aromatic carbocycles. The molecular weight excluding hydrogens is 362 g/mol. The van der Waals surface area contributed by atoms with Gasteiger partial charge in [0.25, 0.3) is 0 Å². The van der Waals surface area contributed by atoms with Crippen molar-refractivity contribution in [3.8, 4) is 5.75 Å². The highest BCUT2D eigenvalue weighted by Gasteiger charge is 2.38. The van der Waals surface area contributed by atoms with E-state index in [1.54, 1.807) is 7.11 Å². The molecule has 4 aliphatic rings. The summed E-state index contributed by atoms with van der Waals surface area (Å²) in [7, 11) is 1.68. The van der Waals surface area contributed by atoms with Crippen molar-refractivity contribution >= 4 is 6.03 Å². The van der Waals surface area contributed by atoms with Crippen molar-refractivity contribution < 1.29 is 9.53 Å². The first-order chi connectivity index (χ1) is 14.2. The Kier molecular flexibility index (Phi) is 4.92. The fourth-order valence-electron chi connectivity index (χ4n) is 5.30. The molecule has 2 aromatic rings. The van der Waals surface area contributed by atoms with Crippen LogP contribution in [0.3, 0.4) is 0 Å². The van der Waals surface area contributed by atoms with Gasteiger partial charge in [0.15, 0.2) is 0 Å². The van der Waals surface area contributed by atoms with Crippen LogP contribution in [0.4, 0.5) is 4.79 Å². The third-order valence-electron chi connectivity index (χ3n) is 6.94. The molecule has 152 valence electrons. The van der Waals surface area contributed by atoms with Crippen LogP contribution >= 0.6 is 0 Å². The number of methoxy groups -OCH3 is 1. The number of urea groups is 1. The number of ether oxygens (including phenoxy) is 1. The summed E-state index contributed by atoms with van der Waals surface area (Å²) in [5.41, 5.74) is 3.69. The molecule has 0 unspecified atom stereocenters. The van der Waals surface area contributed by atoms with Gasteiger partial charge >= 0.3 is 6.03 Å². The minimum absolute atomic E-state index is 0.0630. The van der Waals surface area contributed by atoms with Gasteiger partial charge in [-0.15, -0.1) is 0 Å². The van der Waals surface area contributed by atoms with Crippen LogP contribution in [0.15, 0.2) is 48.5 Å². The van der Waals surface area contributed by atoms with Crippen molar-refractivity contribution in [2.45, 2.75) is 31.3 Å². The number of amides is 2. The second-order valence-electron chi connectivity index (χ2n) is 8.51. The summed E-state index contributed by atoms with van der Waals surface area (Å²) >= 11 is 0. The first-order valence-electron chi connectivity index (χ1n) is 10.7. The number of hydrogen-bond donors (Lipinski definition) is 1. The molecule has 4 heterocycles. The SMILES string of the molecule is COc1ccc([C@H]2c3ccccc3CCN2C(=O)N[C@@H]2CN3CCC2CC3)cc1. The molecule has 1 N–H and O–H groups in total. The van der Waals surface area contributed by atoms with Crippen molar-refractivity contribution in [2.75, 3.05) is 33.3 Å². The number of nitrogens with one attached hydrogen (secondary N) is 1. The second kappa shape index (κ2) is 7.71. The van der Waals surface area contributed by atoms with Crippen molar-refractivity contribution in [1.82, 2.24) is 15.1 Å². The maximum absolute atomic E-state index is 13.4. The summed E-state index contributed by atoms with van der Waals surface area (Å²) in [6.07, 6.45) is 3.31. The highest BCUT2D eigenvalue weighted by Crippen LogP contribution is 2.36. The lowest BCUT2D eigenvalue weighted by atomic mass is 9.84. The monoisotopic (exact) mass is 391 g/mol. The molecule has 0 radical (unpaired) electrons. The van der Waals surface area contributed by atoms with E-state index in [1.807, 2.05) is 17.0 Å². The fourth-order valence-corrected chi connectivity index (χ4v) is 5.30. The zero-order valence-corrected chi connectivity index (χ0v) is 17.0. The Labute approximate surface area is 172 Å². The summed E-state index contributed by atoms with van der Waals surface area (Å²) in [6.45, 7) is 4.10. The van der Waals surface area contributed by atoms with E-state index in [2.05, 4.69) is 46.6 Å². The van der Waals surface area contributed by atoms with E-state index in [0.717, 1.165) is 30.8 Å². The minimum atomic E-state index is -0.0630. The first kappa shape index (κ1) is 18.5. The number of nitrogens with zero attached hydrogens (tertiary/aromatic N) is 2. The van der Waals surface area contributed by atoms with Crippen molar-refractivity contribution in [1.29, 1.82) is 0 Å². The highest BCUT2D eigenvalue weighted by atomic mass is 16.5. The largest absolute Gasteiger partial charge is 0.497 e. The Morgan fingerprint density at radius 1 is 1.03 bits per heavy atom. The molecule has 2 amide bonds. The summed E-state index contributed by atoms with van der Waals surface area (Å²) < 4.78 is 5.33. The molecule has 5 heteroatoms. The Balaban J connectivity index is 1.43. The van der Waals surface area contributed by atoms with E-state index in [4.69, 9.17) is 4.74 Å². The molecule has 3 fully saturated rings. The van der Waals surface area contributed by atoms with Crippen LogP contribution in [-0.2, 0) is 6.42 Å². The van der Waals surface area contributed by atoms with Crippen LogP contribution in [-0.4, -0.2) is 55.2 Å². The molecule has 0 aromatic heterocycles. The molecule has 2 bridgehead atoms. The predicted octanol–water partition coefficient (Wildman–Crippen LogP) is 3.45. The third-order valence-corrected chi connectivity index (χ3v) is 6.94. The van der Waals surface area contributed by atoms with Gasteiger partial charge in [-0.3, -0.25) is 0 Å². The van der Waals surface area contributed by atoms with Crippen LogP contribution in [0.1, 0.15) is 35.6 Å². The molecular formula is C24H29N3O2. The van der Waals surface area contributed by atoms with E-state index in [1.165, 1.54) is 37.1 Å². The van der Waals surface area contributed by atoms with E-state index < -0.39 is 0 Å². The van der Waals surface area contributed by atoms with E-state index in [-0.39, 0.29) is 18.1 Å². The molecule has 29 heavy (non-hydrogen) atoms. The summed E-state index contributed by atoms with van der Waals surface area (Å²) in [4.78, 5) is 17.9. The molecule has 6 rings (SSSR count). The van der Waals surface area contributed by atoms with Crippen LogP contribution in [0.25, 0.3) is 0 Å². The Morgan fingerprint density at radius 2 is 1.79 bits per heavy atom. The molecule has 3 saturated heterocycles. The molecule has 4 aliphatic heterocycles. The van der Waals surface area contributed by atoms with Crippen molar-refractivity contribution in [2.24, 2.45) is 5.92 Å². The average molecular weight is 392 g/mol. The van der Waals surface area contributed by atoms with Gasteiger partial charge < -0.3 is 19.9 Å². The van der Waals surface area contributed by atoms with E-state index >= 15 is 0 Å². The summed E-state index contributed by atoms with van der Waals surface area (Å²) in [5, 5.41) is 3.39. The topological polar surface area (TPSA) is 44.8 Å². The van der Waals surface area contributed by atoms with Crippen LogP contribution < -0.4 is 10.1 Å². The van der Waals surface area contributed by atoms with Crippen LogP contribution in [0.2, 0.25) is 0 Å². The number of rotatable bonds is 3. The number of hydrogen-bond acceptors (Lipinski definition) is 3. The van der Waals surface area contributed by atoms with Gasteiger partial charge in [-0.25, -0.2) is 4.79 Å². The van der Waals surface area contributed by atoms with Gasteiger partial charge in [0, 0.05) is 19.1 Å². The lowest BCUT2D eigenvalue weighted by Crippen LogP contribution is -2.59. The molecule has 0 spiro atoms. The predicted molar refractivity (Wildman–Crippen MR) is 113 cm³/mol. The zero-order valence-electron chi connectivity index (χ0n) is 17.0. The highest BCUT2D eigenvalue weighted by molar-refractivity contribution is 5.76. The number of carbonyl (C=O) groups is 1. The Hall–Kier alpha value is -2.53. The number of piperidine rings is 3. The van der Waals surface area contributed by atoms with Gasteiger partial charge in [0.1, 0.15) is 5.75 Å². The average Bonchev–Trinajstić information content (AvgIpc) is 2.79. The second-order valence-corrected chi connectivity index (χ2v) is 8.51. The van der Waals surface area contributed by atoms with Gasteiger partial charge in [0.2, 0.25) is 0 Å². The lowest BCUT2D eigenvalue weighted by molar-refractivity contribution is 0.0715. The number of benzene rings is 2. The lowest BCUT2D eigenvalue weighted by Gasteiger charge is -2.46.